The molecule has 0 unspecified atom stereocenters. The molecule has 1 saturated heterocycles. The summed E-state index contributed by atoms with van der Waals surface area (Å²) < 4.78 is 11.4. The molecule has 1 aliphatic heterocycles. The normalized spacial score (nSPS) is 16.5. The number of rotatable bonds is 4. The number of aliphatic carboxylic acids is 1. The lowest BCUT2D eigenvalue weighted by molar-refractivity contribution is -0.147. The molecule has 19 heavy (non-hydrogen) atoms. The second-order valence-corrected chi connectivity index (χ2v) is 5.12. The summed E-state index contributed by atoms with van der Waals surface area (Å²) in [4.78, 5) is 12.6. The van der Waals surface area contributed by atoms with E-state index < -0.39 is 5.97 Å². The molecule has 7 nitrogen and oxygen atoms in total. The number of furan rings is 1. The fourth-order valence-corrected chi connectivity index (χ4v) is 2.20. The van der Waals surface area contributed by atoms with Crippen molar-refractivity contribution in [2.45, 2.75) is 6.54 Å². The first kappa shape index (κ1) is 12.4. The van der Waals surface area contributed by atoms with Crippen LogP contribution in [0.5, 0.6) is 0 Å². The third-order valence-corrected chi connectivity index (χ3v) is 3.34. The molecule has 1 fully saturated rings. The topological polar surface area (TPSA) is 92.6 Å². The first-order chi connectivity index (χ1) is 9.11. The summed E-state index contributed by atoms with van der Waals surface area (Å²) in [6.07, 6.45) is 0. The van der Waals surface area contributed by atoms with Crippen LogP contribution in [0.2, 0.25) is 0 Å². The van der Waals surface area contributed by atoms with E-state index in [-0.39, 0.29) is 5.92 Å². The molecule has 1 N–H and O–H groups in total. The van der Waals surface area contributed by atoms with Crippen molar-refractivity contribution in [2.75, 3.05) is 13.1 Å². The summed E-state index contributed by atoms with van der Waals surface area (Å²) in [7, 11) is 0. The van der Waals surface area contributed by atoms with Crippen LogP contribution in [-0.4, -0.2) is 39.3 Å². The second-order valence-electron chi connectivity index (χ2n) is 4.33. The van der Waals surface area contributed by atoms with Gasteiger partial charge in [-0.1, -0.05) is 0 Å². The molecule has 100 valence electrons. The SMILES string of the molecule is O=C(O)C1CN(Cc2nnc(-c3ccc(Br)o3)o2)C1. The summed E-state index contributed by atoms with van der Waals surface area (Å²) in [6, 6.07) is 3.47. The van der Waals surface area contributed by atoms with E-state index in [9.17, 15) is 4.79 Å². The number of halogens is 1. The number of likely N-dealkylation sites (tertiary alicyclic amines) is 1. The maximum atomic E-state index is 10.7. The molecule has 0 spiro atoms. The Morgan fingerprint density at radius 3 is 2.84 bits per heavy atom. The van der Waals surface area contributed by atoms with Gasteiger partial charge in [-0.3, -0.25) is 9.69 Å². The van der Waals surface area contributed by atoms with Gasteiger partial charge in [0.1, 0.15) is 0 Å². The zero-order chi connectivity index (χ0) is 13.4. The molecule has 3 heterocycles. The van der Waals surface area contributed by atoms with Crippen molar-refractivity contribution >= 4 is 21.9 Å². The first-order valence-corrected chi connectivity index (χ1v) is 6.44. The molecular formula is C11H10BrN3O4. The van der Waals surface area contributed by atoms with Crippen LogP contribution >= 0.6 is 15.9 Å². The van der Waals surface area contributed by atoms with E-state index in [2.05, 4.69) is 26.1 Å². The van der Waals surface area contributed by atoms with Gasteiger partial charge in [0.15, 0.2) is 10.4 Å². The number of nitrogens with zero attached hydrogens (tertiary/aromatic N) is 3. The predicted octanol–water partition coefficient (Wildman–Crippen LogP) is 1.61. The van der Waals surface area contributed by atoms with Crippen LogP contribution in [0.3, 0.4) is 0 Å². The largest absolute Gasteiger partial charge is 0.481 e. The summed E-state index contributed by atoms with van der Waals surface area (Å²) in [5.74, 6) is 0.214. The van der Waals surface area contributed by atoms with Gasteiger partial charge in [-0.25, -0.2) is 0 Å². The van der Waals surface area contributed by atoms with Crippen LogP contribution in [0.1, 0.15) is 5.89 Å². The molecule has 2 aromatic heterocycles. The molecule has 0 aliphatic carbocycles. The van der Waals surface area contributed by atoms with Crippen molar-refractivity contribution in [3.05, 3.63) is 22.7 Å². The van der Waals surface area contributed by atoms with Crippen molar-refractivity contribution in [3.63, 3.8) is 0 Å². The number of carboxylic acids is 1. The lowest BCUT2D eigenvalue weighted by atomic mass is 10.0. The highest BCUT2D eigenvalue weighted by atomic mass is 79.9. The number of aromatic nitrogens is 2. The van der Waals surface area contributed by atoms with Gasteiger partial charge in [0.2, 0.25) is 5.89 Å². The molecular weight excluding hydrogens is 318 g/mol. The minimum Gasteiger partial charge on any atom is -0.481 e. The van der Waals surface area contributed by atoms with E-state index >= 15 is 0 Å². The second kappa shape index (κ2) is 4.78. The smallest absolute Gasteiger partial charge is 0.309 e. The van der Waals surface area contributed by atoms with Gasteiger partial charge in [0.25, 0.3) is 5.89 Å². The van der Waals surface area contributed by atoms with E-state index in [1.807, 2.05) is 4.90 Å². The maximum Gasteiger partial charge on any atom is 0.309 e. The molecule has 0 radical (unpaired) electrons. The Kier molecular flexibility index (Phi) is 3.11. The minimum atomic E-state index is -0.761. The van der Waals surface area contributed by atoms with E-state index in [1.54, 1.807) is 12.1 Å². The quantitative estimate of drug-likeness (QED) is 0.911. The highest BCUT2D eigenvalue weighted by Crippen LogP contribution is 2.25. The van der Waals surface area contributed by atoms with Crippen LogP contribution in [0, 0.1) is 5.92 Å². The van der Waals surface area contributed by atoms with Crippen LogP contribution in [0.15, 0.2) is 25.6 Å². The van der Waals surface area contributed by atoms with Gasteiger partial charge in [0.05, 0.1) is 12.5 Å². The molecule has 0 amide bonds. The van der Waals surface area contributed by atoms with Gasteiger partial charge in [-0.15, -0.1) is 10.2 Å². The summed E-state index contributed by atoms with van der Waals surface area (Å²) in [6.45, 7) is 1.48. The Bertz CT molecular complexity index is 603. The minimum absolute atomic E-state index is 0.288. The highest BCUT2D eigenvalue weighted by Gasteiger charge is 2.33. The Labute approximate surface area is 116 Å². The Morgan fingerprint density at radius 1 is 1.42 bits per heavy atom. The monoisotopic (exact) mass is 327 g/mol. The number of carbonyl (C=O) groups is 1. The van der Waals surface area contributed by atoms with Crippen molar-refractivity contribution in [1.82, 2.24) is 15.1 Å². The fourth-order valence-electron chi connectivity index (χ4n) is 1.89. The number of hydrogen-bond donors (Lipinski definition) is 1. The van der Waals surface area contributed by atoms with Crippen LogP contribution < -0.4 is 0 Å². The maximum absolute atomic E-state index is 10.7. The Hall–Kier alpha value is -1.67. The number of hydrogen-bond acceptors (Lipinski definition) is 6. The molecule has 8 heteroatoms. The Balaban J connectivity index is 1.62. The molecule has 0 saturated carbocycles. The zero-order valence-electron chi connectivity index (χ0n) is 9.74. The van der Waals surface area contributed by atoms with E-state index in [0.29, 0.717) is 41.8 Å². The third kappa shape index (κ3) is 2.54. The van der Waals surface area contributed by atoms with Gasteiger partial charge in [-0.05, 0) is 28.1 Å². The van der Waals surface area contributed by atoms with E-state index in [1.165, 1.54) is 0 Å². The van der Waals surface area contributed by atoms with Gasteiger partial charge >= 0.3 is 5.97 Å². The first-order valence-electron chi connectivity index (χ1n) is 5.65. The Morgan fingerprint density at radius 2 is 2.21 bits per heavy atom. The molecule has 0 aromatic carbocycles. The van der Waals surface area contributed by atoms with E-state index in [4.69, 9.17) is 13.9 Å². The van der Waals surface area contributed by atoms with Crippen LogP contribution in [-0.2, 0) is 11.3 Å². The third-order valence-electron chi connectivity index (χ3n) is 2.92. The fraction of sp³-hybridized carbons (Fsp3) is 0.364. The number of carboxylic acid groups (broad SMARTS) is 1. The summed E-state index contributed by atoms with van der Waals surface area (Å²) in [5, 5.41) is 16.6. The summed E-state index contributed by atoms with van der Waals surface area (Å²) in [5.41, 5.74) is 0. The average molecular weight is 328 g/mol. The summed E-state index contributed by atoms with van der Waals surface area (Å²) >= 11 is 3.20. The zero-order valence-corrected chi connectivity index (χ0v) is 11.3. The standard InChI is InChI=1S/C11H10BrN3O4/c12-8-2-1-7(18-8)10-14-13-9(19-10)5-15-3-6(4-15)11(16)17/h1-2,6H,3-5H2,(H,16,17). The molecule has 0 atom stereocenters. The van der Waals surface area contributed by atoms with Crippen molar-refractivity contribution in [2.24, 2.45) is 5.92 Å². The van der Waals surface area contributed by atoms with Crippen molar-refractivity contribution < 1.29 is 18.7 Å². The van der Waals surface area contributed by atoms with Crippen LogP contribution in [0.4, 0.5) is 0 Å². The average Bonchev–Trinajstić information content (AvgIpc) is 2.90. The van der Waals surface area contributed by atoms with Crippen molar-refractivity contribution in [1.29, 1.82) is 0 Å². The van der Waals surface area contributed by atoms with E-state index in [0.717, 1.165) is 0 Å². The predicted molar refractivity (Wildman–Crippen MR) is 66.1 cm³/mol. The molecule has 0 bridgehead atoms. The lowest BCUT2D eigenvalue weighted by Gasteiger charge is -2.35. The van der Waals surface area contributed by atoms with Crippen LogP contribution in [0.25, 0.3) is 11.7 Å². The van der Waals surface area contributed by atoms with Crippen molar-refractivity contribution in [3.8, 4) is 11.7 Å². The van der Waals surface area contributed by atoms with Gasteiger partial charge in [-0.2, -0.15) is 0 Å². The molecule has 2 aromatic rings. The highest BCUT2D eigenvalue weighted by molar-refractivity contribution is 9.10. The van der Waals surface area contributed by atoms with Gasteiger partial charge < -0.3 is 13.9 Å². The molecule has 3 rings (SSSR count). The van der Waals surface area contributed by atoms with Gasteiger partial charge in [0, 0.05) is 13.1 Å². The lowest BCUT2D eigenvalue weighted by Crippen LogP contribution is -2.49. The molecule has 1 aliphatic rings.